The molecule has 0 radical (unpaired) electrons. The van der Waals surface area contributed by atoms with Crippen LogP contribution in [0, 0.1) is 0 Å². The monoisotopic (exact) mass is 365 g/mol. The van der Waals surface area contributed by atoms with Gasteiger partial charge in [0.2, 0.25) is 0 Å². The molecule has 0 aromatic heterocycles. The normalized spacial score (nSPS) is 17.2. The molecule has 0 spiro atoms. The van der Waals surface area contributed by atoms with E-state index < -0.39 is 0 Å². The van der Waals surface area contributed by atoms with Crippen LogP contribution in [0.3, 0.4) is 0 Å². The number of benzene rings is 2. The lowest BCUT2D eigenvalue weighted by atomic mass is 10.2. The Balaban J connectivity index is 1.59. The van der Waals surface area contributed by atoms with Crippen LogP contribution >= 0.6 is 23.2 Å². The Bertz CT molecular complexity index is 672. The molecule has 0 amide bonds. The van der Waals surface area contributed by atoms with Crippen molar-refractivity contribution in [2.75, 3.05) is 13.2 Å². The molecule has 1 atom stereocenters. The van der Waals surface area contributed by atoms with Gasteiger partial charge in [0.1, 0.15) is 12.4 Å². The summed E-state index contributed by atoms with van der Waals surface area (Å²) in [6, 6.07) is 13.4. The fourth-order valence-corrected chi connectivity index (χ4v) is 3.20. The van der Waals surface area contributed by atoms with E-state index in [9.17, 15) is 0 Å². The highest BCUT2D eigenvalue weighted by Gasteiger charge is 2.15. The second-order valence-corrected chi connectivity index (χ2v) is 6.81. The summed E-state index contributed by atoms with van der Waals surface area (Å²) in [6.07, 6.45) is 2.60. The first-order chi connectivity index (χ1) is 11.7. The van der Waals surface area contributed by atoms with Gasteiger partial charge in [-0.1, -0.05) is 35.3 Å². The fourth-order valence-electron chi connectivity index (χ4n) is 2.79. The minimum atomic E-state index is 0.319. The number of halogens is 2. The van der Waals surface area contributed by atoms with Gasteiger partial charge in [-0.05, 0) is 48.7 Å². The maximum Gasteiger partial charge on any atom is 0.124 e. The van der Waals surface area contributed by atoms with Crippen LogP contribution in [0.1, 0.15) is 24.0 Å². The van der Waals surface area contributed by atoms with E-state index in [1.807, 2.05) is 42.5 Å². The summed E-state index contributed by atoms with van der Waals surface area (Å²) < 4.78 is 11.6. The van der Waals surface area contributed by atoms with E-state index in [2.05, 4.69) is 5.32 Å². The molecule has 1 heterocycles. The predicted octanol–water partition coefficient (Wildman–Crippen LogP) is 4.84. The molecule has 0 saturated carbocycles. The number of rotatable bonds is 7. The van der Waals surface area contributed by atoms with Crippen molar-refractivity contribution in [1.29, 1.82) is 0 Å². The van der Waals surface area contributed by atoms with E-state index >= 15 is 0 Å². The van der Waals surface area contributed by atoms with Crippen LogP contribution < -0.4 is 10.1 Å². The molecule has 1 aliphatic heterocycles. The van der Waals surface area contributed by atoms with Crippen LogP contribution in [0.15, 0.2) is 42.5 Å². The standard InChI is InChI=1S/C19H21Cl2NO2/c20-16-4-1-3-14(9-16)13-24-19-7-6-17(21)10-15(19)11-22-12-18-5-2-8-23-18/h1,3-4,6-7,9-10,18,22H,2,5,8,11-13H2/t18-/m1/s1. The second-order valence-electron chi connectivity index (χ2n) is 5.94. The molecule has 2 aromatic rings. The number of hydrogen-bond acceptors (Lipinski definition) is 3. The summed E-state index contributed by atoms with van der Waals surface area (Å²) in [5.41, 5.74) is 2.08. The topological polar surface area (TPSA) is 30.5 Å². The Hall–Kier alpha value is -1.26. The van der Waals surface area contributed by atoms with E-state index in [0.29, 0.717) is 29.3 Å². The lowest BCUT2D eigenvalue weighted by molar-refractivity contribution is 0.110. The van der Waals surface area contributed by atoms with Crippen molar-refractivity contribution in [3.05, 3.63) is 63.6 Å². The van der Waals surface area contributed by atoms with Gasteiger partial charge in [-0.25, -0.2) is 0 Å². The van der Waals surface area contributed by atoms with E-state index in [4.69, 9.17) is 32.7 Å². The zero-order valence-corrected chi connectivity index (χ0v) is 14.9. The number of nitrogens with one attached hydrogen (secondary N) is 1. The van der Waals surface area contributed by atoms with E-state index in [1.54, 1.807) is 0 Å². The average molecular weight is 366 g/mol. The first-order valence-electron chi connectivity index (χ1n) is 8.19. The SMILES string of the molecule is Clc1cccc(COc2ccc(Cl)cc2CNC[C@H]2CCCO2)c1. The third-order valence-electron chi connectivity index (χ3n) is 4.02. The van der Waals surface area contributed by atoms with E-state index in [0.717, 1.165) is 42.9 Å². The third kappa shape index (κ3) is 5.12. The van der Waals surface area contributed by atoms with Crippen LogP contribution in [0.25, 0.3) is 0 Å². The molecule has 24 heavy (non-hydrogen) atoms. The van der Waals surface area contributed by atoms with Gasteiger partial charge in [0.05, 0.1) is 6.10 Å². The summed E-state index contributed by atoms with van der Waals surface area (Å²) in [6.45, 7) is 2.89. The minimum Gasteiger partial charge on any atom is -0.489 e. The highest BCUT2D eigenvalue weighted by molar-refractivity contribution is 6.30. The van der Waals surface area contributed by atoms with Crippen molar-refractivity contribution in [2.24, 2.45) is 0 Å². The Morgan fingerprint density at radius 2 is 2.00 bits per heavy atom. The van der Waals surface area contributed by atoms with E-state index in [1.165, 1.54) is 0 Å². The maximum atomic E-state index is 6.14. The van der Waals surface area contributed by atoms with Crippen molar-refractivity contribution in [1.82, 2.24) is 5.32 Å². The summed E-state index contributed by atoms with van der Waals surface area (Å²) in [5.74, 6) is 0.833. The largest absolute Gasteiger partial charge is 0.489 e. The van der Waals surface area contributed by atoms with Gasteiger partial charge in [-0.2, -0.15) is 0 Å². The zero-order valence-electron chi connectivity index (χ0n) is 13.4. The van der Waals surface area contributed by atoms with Crippen LogP contribution in [0.2, 0.25) is 10.0 Å². The molecular formula is C19H21Cl2NO2. The zero-order chi connectivity index (χ0) is 16.8. The van der Waals surface area contributed by atoms with Crippen LogP contribution in [-0.4, -0.2) is 19.3 Å². The predicted molar refractivity (Wildman–Crippen MR) is 97.9 cm³/mol. The Labute approximate surface area is 152 Å². The highest BCUT2D eigenvalue weighted by atomic mass is 35.5. The molecule has 3 rings (SSSR count). The highest BCUT2D eigenvalue weighted by Crippen LogP contribution is 2.24. The number of ether oxygens (including phenoxy) is 2. The van der Waals surface area contributed by atoms with Gasteiger partial charge < -0.3 is 14.8 Å². The first kappa shape index (κ1) is 17.6. The van der Waals surface area contributed by atoms with E-state index in [-0.39, 0.29) is 0 Å². The molecule has 2 aromatic carbocycles. The maximum absolute atomic E-state index is 6.14. The summed E-state index contributed by atoms with van der Waals surface area (Å²) in [7, 11) is 0. The lowest BCUT2D eigenvalue weighted by Gasteiger charge is -2.15. The summed E-state index contributed by atoms with van der Waals surface area (Å²) >= 11 is 12.1. The summed E-state index contributed by atoms with van der Waals surface area (Å²) in [5, 5.41) is 4.85. The van der Waals surface area contributed by atoms with Crippen molar-refractivity contribution in [3.63, 3.8) is 0 Å². The average Bonchev–Trinajstić information content (AvgIpc) is 3.07. The summed E-state index contributed by atoms with van der Waals surface area (Å²) in [4.78, 5) is 0. The smallest absolute Gasteiger partial charge is 0.124 e. The van der Waals surface area contributed by atoms with Gasteiger partial charge in [0.15, 0.2) is 0 Å². The first-order valence-corrected chi connectivity index (χ1v) is 8.94. The van der Waals surface area contributed by atoms with Crippen molar-refractivity contribution in [3.8, 4) is 5.75 Å². The molecule has 128 valence electrons. The number of hydrogen-bond donors (Lipinski definition) is 1. The third-order valence-corrected chi connectivity index (χ3v) is 4.49. The quantitative estimate of drug-likeness (QED) is 0.761. The van der Waals surface area contributed by atoms with Gasteiger partial charge in [-0.3, -0.25) is 0 Å². The van der Waals surface area contributed by atoms with Crippen molar-refractivity contribution < 1.29 is 9.47 Å². The Morgan fingerprint density at radius 3 is 2.79 bits per heavy atom. The van der Waals surface area contributed by atoms with Crippen LogP contribution in [0.5, 0.6) is 5.75 Å². The van der Waals surface area contributed by atoms with Crippen molar-refractivity contribution in [2.45, 2.75) is 32.1 Å². The van der Waals surface area contributed by atoms with Crippen molar-refractivity contribution >= 4 is 23.2 Å². The minimum absolute atomic E-state index is 0.319. The molecule has 0 aliphatic carbocycles. The lowest BCUT2D eigenvalue weighted by Crippen LogP contribution is -2.26. The molecule has 3 nitrogen and oxygen atoms in total. The Kier molecular flexibility index (Phi) is 6.38. The van der Waals surface area contributed by atoms with Gasteiger partial charge in [0.25, 0.3) is 0 Å². The molecule has 1 fully saturated rings. The van der Waals surface area contributed by atoms with Crippen LogP contribution in [-0.2, 0) is 17.9 Å². The molecule has 5 heteroatoms. The molecule has 1 N–H and O–H groups in total. The molecular weight excluding hydrogens is 345 g/mol. The fraction of sp³-hybridized carbons (Fsp3) is 0.368. The molecule has 0 unspecified atom stereocenters. The van der Waals surface area contributed by atoms with Gasteiger partial charge >= 0.3 is 0 Å². The van der Waals surface area contributed by atoms with Gasteiger partial charge in [0, 0.05) is 35.3 Å². The molecule has 1 aliphatic rings. The Morgan fingerprint density at radius 1 is 1.12 bits per heavy atom. The second kappa shape index (κ2) is 8.72. The van der Waals surface area contributed by atoms with Gasteiger partial charge in [-0.15, -0.1) is 0 Å². The van der Waals surface area contributed by atoms with Crippen LogP contribution in [0.4, 0.5) is 0 Å². The molecule has 0 bridgehead atoms. The molecule has 1 saturated heterocycles.